The second-order valence-corrected chi connectivity index (χ2v) is 1.19. The summed E-state index contributed by atoms with van der Waals surface area (Å²) < 4.78 is 0. The fourth-order valence-electron chi connectivity index (χ4n) is 0.250. The van der Waals surface area contributed by atoms with Gasteiger partial charge in [0.25, 0.3) is 0 Å². The van der Waals surface area contributed by atoms with E-state index in [2.05, 4.69) is 19.2 Å². The van der Waals surface area contributed by atoms with E-state index >= 15 is 0 Å². The molecule has 10 heavy (non-hydrogen) atoms. The van der Waals surface area contributed by atoms with Crippen molar-refractivity contribution in [3.8, 4) is 0 Å². The molecule has 0 aromatic heterocycles. The van der Waals surface area contributed by atoms with Crippen molar-refractivity contribution in [2.45, 2.75) is 34.6 Å². The maximum atomic E-state index is 8.81. The Balaban J connectivity index is -0.0000000847. The van der Waals surface area contributed by atoms with Crippen LogP contribution in [0.4, 0.5) is 0 Å². The monoisotopic (exact) mass is 147 g/mol. The lowest BCUT2D eigenvalue weighted by Gasteiger charge is -1.86. The topological polar surface area (TPSA) is 29.1 Å². The van der Waals surface area contributed by atoms with E-state index in [-0.39, 0.29) is 0 Å². The highest BCUT2D eigenvalue weighted by Crippen LogP contribution is 1.47. The van der Waals surface area contributed by atoms with Crippen LogP contribution in [-0.4, -0.2) is 19.4 Å². The summed E-state index contributed by atoms with van der Waals surface area (Å²) in [6.07, 6.45) is 0.750. The molecule has 1 N–H and O–H groups in total. The van der Waals surface area contributed by atoms with E-state index in [0.29, 0.717) is 0 Å². The lowest BCUT2D eigenvalue weighted by Crippen LogP contribution is -2.09. The van der Waals surface area contributed by atoms with Gasteiger partial charge in [0.2, 0.25) is 0 Å². The second-order valence-electron chi connectivity index (χ2n) is 1.19. The summed E-state index contributed by atoms with van der Waals surface area (Å²) in [7, 11) is 0. The lowest BCUT2D eigenvalue weighted by atomic mass is 10.7. The highest BCUT2D eigenvalue weighted by atomic mass is 16.1. The van der Waals surface area contributed by atoms with Crippen molar-refractivity contribution in [3.63, 3.8) is 0 Å². The third-order valence-corrected chi connectivity index (χ3v) is 0.500. The zero-order valence-electron chi connectivity index (χ0n) is 7.90. The molecule has 0 amide bonds. The fourth-order valence-corrected chi connectivity index (χ4v) is 0.250. The molecule has 2 heteroatoms. The van der Waals surface area contributed by atoms with Gasteiger partial charge in [-0.25, -0.2) is 0 Å². The number of rotatable bonds is 2. The van der Waals surface area contributed by atoms with Gasteiger partial charge in [-0.3, -0.25) is 0 Å². The van der Waals surface area contributed by atoms with Crippen LogP contribution >= 0.6 is 0 Å². The molecule has 0 rings (SSSR count). The predicted octanol–water partition coefficient (Wildman–Crippen LogP) is 1.85. The van der Waals surface area contributed by atoms with Gasteiger partial charge in [-0.05, 0) is 20.0 Å². The molecule has 0 unspecified atom stereocenters. The zero-order chi connectivity index (χ0) is 8.83. The summed E-state index contributed by atoms with van der Waals surface area (Å²) in [5.41, 5.74) is 0. The maximum absolute atomic E-state index is 8.81. The summed E-state index contributed by atoms with van der Waals surface area (Å²) in [6, 6.07) is 0. The highest BCUT2D eigenvalue weighted by Gasteiger charge is 1.62. The molecule has 0 atom stereocenters. The van der Waals surface area contributed by atoms with Crippen LogP contribution < -0.4 is 5.32 Å². The SMILES string of the molecule is CC.CC=O.CCNCC. The van der Waals surface area contributed by atoms with Crippen LogP contribution in [0.5, 0.6) is 0 Å². The number of carbonyl (C=O) groups excluding carboxylic acids is 1. The highest BCUT2D eigenvalue weighted by molar-refractivity contribution is 5.44. The van der Waals surface area contributed by atoms with Gasteiger partial charge in [0, 0.05) is 0 Å². The van der Waals surface area contributed by atoms with E-state index in [4.69, 9.17) is 4.79 Å². The molecule has 0 bridgehead atoms. The second kappa shape index (κ2) is 38.1. The minimum absolute atomic E-state index is 0.750. The van der Waals surface area contributed by atoms with E-state index < -0.39 is 0 Å². The molecular weight excluding hydrogens is 126 g/mol. The van der Waals surface area contributed by atoms with Crippen LogP contribution in [-0.2, 0) is 4.79 Å². The van der Waals surface area contributed by atoms with Crippen LogP contribution in [0.1, 0.15) is 34.6 Å². The first-order valence-corrected chi connectivity index (χ1v) is 3.93. The van der Waals surface area contributed by atoms with Crippen LogP contribution in [0, 0.1) is 0 Å². The van der Waals surface area contributed by atoms with Crippen molar-refractivity contribution in [2.24, 2.45) is 0 Å². The Kier molecular flexibility index (Phi) is 62.2. The Morgan fingerprint density at radius 2 is 1.40 bits per heavy atom. The summed E-state index contributed by atoms with van der Waals surface area (Å²) in [4.78, 5) is 8.81. The number of hydrogen-bond acceptors (Lipinski definition) is 2. The average Bonchev–Trinajstić information content (AvgIpc) is 1.96. The molecule has 0 saturated carbocycles. The molecule has 0 aliphatic carbocycles. The van der Waals surface area contributed by atoms with Gasteiger partial charge in [-0.2, -0.15) is 0 Å². The smallest absolute Gasteiger partial charge is 0.116 e. The minimum atomic E-state index is 0.750. The van der Waals surface area contributed by atoms with Crippen molar-refractivity contribution in [1.29, 1.82) is 0 Å². The van der Waals surface area contributed by atoms with Crippen LogP contribution in [0.2, 0.25) is 0 Å². The fraction of sp³-hybridized carbons (Fsp3) is 0.875. The quantitative estimate of drug-likeness (QED) is 0.604. The van der Waals surface area contributed by atoms with Crippen LogP contribution in [0.25, 0.3) is 0 Å². The average molecular weight is 147 g/mol. The normalized spacial score (nSPS) is 6.10. The van der Waals surface area contributed by atoms with Gasteiger partial charge in [0.05, 0.1) is 0 Å². The van der Waals surface area contributed by atoms with Crippen molar-refractivity contribution in [1.82, 2.24) is 5.32 Å². The van der Waals surface area contributed by atoms with Crippen molar-refractivity contribution in [2.75, 3.05) is 13.1 Å². The molecule has 0 saturated heterocycles. The molecule has 0 aliphatic heterocycles. The first kappa shape index (κ1) is 16.3. The van der Waals surface area contributed by atoms with Crippen LogP contribution in [0.15, 0.2) is 0 Å². The van der Waals surface area contributed by atoms with E-state index in [1.807, 2.05) is 13.8 Å². The molecule has 0 aromatic rings. The van der Waals surface area contributed by atoms with Gasteiger partial charge >= 0.3 is 0 Å². The van der Waals surface area contributed by atoms with Gasteiger partial charge in [-0.15, -0.1) is 0 Å². The lowest BCUT2D eigenvalue weighted by molar-refractivity contribution is -0.106. The molecule has 2 nitrogen and oxygen atoms in total. The van der Waals surface area contributed by atoms with Crippen LogP contribution in [0.3, 0.4) is 0 Å². The standard InChI is InChI=1S/C4H11N.C2H4O.C2H6/c1-3-5-4-2;1-2-3;1-2/h5H,3-4H2,1-2H3;2H,1H3;1-2H3. The Hall–Kier alpha value is -0.370. The van der Waals surface area contributed by atoms with Gasteiger partial charge in [-0.1, -0.05) is 27.7 Å². The number of carbonyl (C=O) groups is 1. The minimum Gasteiger partial charge on any atom is -0.317 e. The van der Waals surface area contributed by atoms with Crippen molar-refractivity contribution in [3.05, 3.63) is 0 Å². The number of aldehydes is 1. The van der Waals surface area contributed by atoms with Gasteiger partial charge in [0.15, 0.2) is 0 Å². The molecule has 0 radical (unpaired) electrons. The first-order chi connectivity index (χ1) is 4.83. The Morgan fingerprint density at radius 1 is 1.20 bits per heavy atom. The van der Waals surface area contributed by atoms with E-state index in [1.54, 1.807) is 0 Å². The zero-order valence-corrected chi connectivity index (χ0v) is 7.90. The summed E-state index contributed by atoms with van der Waals surface area (Å²) >= 11 is 0. The number of nitrogens with one attached hydrogen (secondary N) is 1. The molecular formula is C8H21NO. The van der Waals surface area contributed by atoms with Crippen molar-refractivity contribution >= 4 is 6.29 Å². The van der Waals surface area contributed by atoms with Gasteiger partial charge < -0.3 is 10.1 Å². The maximum Gasteiger partial charge on any atom is 0.116 e. The predicted molar refractivity (Wildman–Crippen MR) is 47.3 cm³/mol. The first-order valence-electron chi connectivity index (χ1n) is 3.93. The van der Waals surface area contributed by atoms with E-state index in [0.717, 1.165) is 19.4 Å². The molecule has 64 valence electrons. The Morgan fingerprint density at radius 3 is 1.40 bits per heavy atom. The molecule has 0 aromatic carbocycles. The molecule has 0 spiro atoms. The van der Waals surface area contributed by atoms with Gasteiger partial charge in [0.1, 0.15) is 6.29 Å². The molecule has 0 fully saturated rings. The summed E-state index contributed by atoms with van der Waals surface area (Å²) in [6.45, 7) is 11.8. The van der Waals surface area contributed by atoms with E-state index in [1.165, 1.54) is 6.92 Å². The Labute approximate surface area is 65.0 Å². The summed E-state index contributed by atoms with van der Waals surface area (Å²) in [5.74, 6) is 0. The number of hydrogen-bond donors (Lipinski definition) is 1. The van der Waals surface area contributed by atoms with E-state index in [9.17, 15) is 0 Å². The summed E-state index contributed by atoms with van der Waals surface area (Å²) in [5, 5.41) is 3.11. The third-order valence-electron chi connectivity index (χ3n) is 0.500. The largest absolute Gasteiger partial charge is 0.317 e. The Bertz CT molecular complexity index is 36.2. The molecule has 0 heterocycles. The third kappa shape index (κ3) is 126. The molecule has 0 aliphatic rings. The van der Waals surface area contributed by atoms with Crippen molar-refractivity contribution < 1.29 is 4.79 Å².